The predicted molar refractivity (Wildman–Crippen MR) is 217 cm³/mol. The first-order chi connectivity index (χ1) is 28.1. The van der Waals surface area contributed by atoms with Gasteiger partial charge in [0.15, 0.2) is 0 Å². The van der Waals surface area contributed by atoms with Crippen LogP contribution in [0.25, 0.3) is 0 Å². The van der Waals surface area contributed by atoms with Crippen LogP contribution in [0.1, 0.15) is 196 Å². The summed E-state index contributed by atoms with van der Waals surface area (Å²) >= 11 is 0. The molecule has 12 unspecified atom stereocenters. The molecule has 0 aliphatic heterocycles. The Morgan fingerprint density at radius 2 is 0.393 bits per heavy atom. The van der Waals surface area contributed by atoms with Crippen molar-refractivity contribution in [3.8, 4) is 0 Å². The molecule has 0 radical (unpaired) electrons. The van der Waals surface area contributed by atoms with Crippen molar-refractivity contribution in [1.29, 1.82) is 0 Å². The number of carboxylic acids is 6. The summed E-state index contributed by atoms with van der Waals surface area (Å²) in [6.45, 7) is 13.1. The van der Waals surface area contributed by atoms with Crippen LogP contribution < -0.4 is 30.6 Å². The van der Waals surface area contributed by atoms with Gasteiger partial charge < -0.3 is 59.4 Å². The molecule has 12 nitrogen and oxygen atoms in total. The van der Waals surface area contributed by atoms with Gasteiger partial charge in [0.25, 0.3) is 0 Å². The first-order valence-corrected chi connectivity index (χ1v) is 23.3. The van der Waals surface area contributed by atoms with E-state index in [0.29, 0.717) is 35.5 Å². The van der Waals surface area contributed by atoms with Crippen LogP contribution in [0.2, 0.25) is 0 Å². The Morgan fingerprint density at radius 1 is 0.279 bits per heavy atom. The van der Waals surface area contributed by atoms with Crippen molar-refractivity contribution in [2.75, 3.05) is 0 Å². The zero-order valence-corrected chi connectivity index (χ0v) is 40.2. The van der Waals surface area contributed by atoms with Crippen LogP contribution in [0.5, 0.6) is 0 Å². The summed E-state index contributed by atoms with van der Waals surface area (Å²) in [5.41, 5.74) is 0. The van der Waals surface area contributed by atoms with E-state index in [2.05, 4.69) is 41.5 Å². The van der Waals surface area contributed by atoms with Crippen molar-refractivity contribution in [3.05, 3.63) is 0 Å². The van der Waals surface area contributed by atoms with Crippen LogP contribution in [0.3, 0.4) is 0 Å². The van der Waals surface area contributed by atoms with E-state index in [1.165, 1.54) is 38.5 Å². The summed E-state index contributed by atoms with van der Waals surface area (Å²) in [6.07, 6.45) is 21.7. The van der Waals surface area contributed by atoms with Crippen LogP contribution in [0.15, 0.2) is 0 Å². The second-order valence-electron chi connectivity index (χ2n) is 20.2. The zero-order valence-electron chi connectivity index (χ0n) is 38.2. The fourth-order valence-electron chi connectivity index (χ4n) is 10.5. The Morgan fingerprint density at radius 3 is 0.459 bits per heavy atom. The molecule has 0 heterocycles. The number of carboxylic acid groups (broad SMARTS) is 6. The molecule has 13 heteroatoms. The average molecular weight is 943 g/mol. The summed E-state index contributed by atoms with van der Waals surface area (Å²) in [7, 11) is 0. The van der Waals surface area contributed by atoms with Gasteiger partial charge in [0.05, 0.1) is 0 Å². The SMILES string of the molecule is CC1CCC(CC(=O)[O-])C1.CC1CCC(CC(=O)[O-])C1.CC1CCC(CC(=O)[O-])C1.CC1CCC(CC(=O)[O-])C1.CC1CCC(CC(=O)[O-])C1.CC1CCC(CC(=O)[O-])C1.[Mo]. The molecule has 12 atom stereocenters. The van der Waals surface area contributed by atoms with E-state index in [-0.39, 0.29) is 59.6 Å². The smallest absolute Gasteiger partial charge is 0.0417 e. The van der Waals surface area contributed by atoms with E-state index < -0.39 is 35.8 Å². The number of aliphatic carboxylic acids is 6. The van der Waals surface area contributed by atoms with E-state index in [4.69, 9.17) is 0 Å². The molecule has 0 aromatic heterocycles. The van der Waals surface area contributed by atoms with E-state index >= 15 is 0 Å². The van der Waals surface area contributed by atoms with Crippen molar-refractivity contribution < 1.29 is 80.5 Å². The topological polar surface area (TPSA) is 241 Å². The third-order valence-corrected chi connectivity index (χ3v) is 13.6. The molecule has 354 valence electrons. The van der Waals surface area contributed by atoms with Crippen LogP contribution in [0.4, 0.5) is 0 Å². The van der Waals surface area contributed by atoms with Gasteiger partial charge in [-0.1, -0.05) is 80.1 Å². The molecular formula is C48H78MoO12-6. The van der Waals surface area contributed by atoms with Gasteiger partial charge in [0.1, 0.15) is 0 Å². The van der Waals surface area contributed by atoms with E-state index in [1.54, 1.807) is 0 Å². The van der Waals surface area contributed by atoms with Gasteiger partial charge in [-0.2, -0.15) is 0 Å². The minimum Gasteiger partial charge on any atom is -0.550 e. The van der Waals surface area contributed by atoms with Crippen molar-refractivity contribution in [1.82, 2.24) is 0 Å². The molecular weight excluding hydrogens is 864 g/mol. The van der Waals surface area contributed by atoms with Gasteiger partial charge in [-0.15, -0.1) is 0 Å². The maximum absolute atomic E-state index is 10.2. The van der Waals surface area contributed by atoms with E-state index in [9.17, 15) is 59.4 Å². The predicted octanol–water partition coefficient (Wildman–Crippen LogP) is 3.37. The van der Waals surface area contributed by atoms with Crippen molar-refractivity contribution in [3.63, 3.8) is 0 Å². The second kappa shape index (κ2) is 32.2. The molecule has 0 aromatic rings. The Kier molecular flexibility index (Phi) is 30.9. The monoisotopic (exact) mass is 944 g/mol. The summed E-state index contributed by atoms with van der Waals surface area (Å²) < 4.78 is 0. The van der Waals surface area contributed by atoms with Crippen LogP contribution in [0, 0.1) is 71.0 Å². The second-order valence-corrected chi connectivity index (χ2v) is 20.2. The minimum atomic E-state index is -0.890. The third-order valence-electron chi connectivity index (χ3n) is 13.6. The quantitative estimate of drug-likeness (QED) is 0.256. The van der Waals surface area contributed by atoms with Crippen molar-refractivity contribution >= 4 is 35.8 Å². The van der Waals surface area contributed by atoms with Crippen LogP contribution >= 0.6 is 0 Å². The van der Waals surface area contributed by atoms with Gasteiger partial charge in [-0.3, -0.25) is 0 Å². The molecule has 0 amide bonds. The molecule has 6 fully saturated rings. The average Bonchev–Trinajstić information content (AvgIpc) is 3.99. The van der Waals surface area contributed by atoms with Gasteiger partial charge in [-0.05, 0) is 187 Å². The number of hydrogen-bond acceptors (Lipinski definition) is 12. The Bertz CT molecular complexity index is 1040. The minimum absolute atomic E-state index is 0. The normalized spacial score (nSPS) is 32.0. The number of carbonyl (C=O) groups excluding carboxylic acids is 6. The van der Waals surface area contributed by atoms with Crippen molar-refractivity contribution in [2.45, 2.75) is 196 Å². The molecule has 61 heavy (non-hydrogen) atoms. The Balaban J connectivity index is 0.000000706. The van der Waals surface area contributed by atoms with Gasteiger partial charge in [-0.25, -0.2) is 0 Å². The summed E-state index contributed by atoms with van der Waals surface area (Å²) in [4.78, 5) is 60.9. The molecule has 6 rings (SSSR count). The zero-order chi connectivity index (χ0) is 45.4. The number of carbonyl (C=O) groups is 6. The molecule has 0 aromatic carbocycles. The maximum atomic E-state index is 10.2. The van der Waals surface area contributed by atoms with Gasteiger partial charge in [0.2, 0.25) is 0 Å². The van der Waals surface area contributed by atoms with E-state index in [1.807, 2.05) is 0 Å². The fourth-order valence-corrected chi connectivity index (χ4v) is 10.5. The molecule has 0 spiro atoms. The summed E-state index contributed by atoms with van der Waals surface area (Å²) in [6, 6.07) is 0. The molecule has 6 aliphatic rings. The van der Waals surface area contributed by atoms with Crippen LogP contribution in [-0.4, -0.2) is 35.8 Å². The third kappa shape index (κ3) is 31.1. The molecule has 0 N–H and O–H groups in total. The first-order valence-electron chi connectivity index (χ1n) is 23.3. The maximum Gasteiger partial charge on any atom is 0.0417 e. The Hall–Kier alpha value is -2.49. The van der Waals surface area contributed by atoms with Crippen molar-refractivity contribution in [2.24, 2.45) is 71.0 Å². The van der Waals surface area contributed by atoms with Crippen LogP contribution in [-0.2, 0) is 49.8 Å². The van der Waals surface area contributed by atoms with Gasteiger partial charge >= 0.3 is 0 Å². The molecule has 0 bridgehead atoms. The molecule has 0 saturated heterocycles. The fraction of sp³-hybridized carbons (Fsp3) is 0.875. The Labute approximate surface area is 381 Å². The standard InChI is InChI=1S/6C8H14O2.Mo/c6*1-6-2-3-7(4-6)5-8(9)10;/h6*6-7H,2-5H2,1H3,(H,9,10);/p-6. The summed E-state index contributed by atoms with van der Waals surface area (Å²) in [5, 5.41) is 60.9. The number of rotatable bonds is 12. The van der Waals surface area contributed by atoms with E-state index in [0.717, 1.165) is 113 Å². The summed E-state index contributed by atoms with van der Waals surface area (Å²) in [5.74, 6) is 1.44. The molecule has 6 aliphatic carbocycles. The molecule has 6 saturated carbocycles. The largest absolute Gasteiger partial charge is 0.550 e. The first kappa shape index (κ1) is 58.5. The van der Waals surface area contributed by atoms with Gasteiger partial charge in [0, 0.05) is 56.9 Å². The number of hydrogen-bond donors (Lipinski definition) is 0.